The summed E-state index contributed by atoms with van der Waals surface area (Å²) >= 11 is 0. The first-order valence-corrected chi connectivity index (χ1v) is 10.8. The maximum atomic E-state index is 13.0. The van der Waals surface area contributed by atoms with Gasteiger partial charge >= 0.3 is 0 Å². The van der Waals surface area contributed by atoms with E-state index in [4.69, 9.17) is 5.73 Å². The predicted molar refractivity (Wildman–Crippen MR) is 115 cm³/mol. The third-order valence-electron chi connectivity index (χ3n) is 5.04. The minimum Gasteiger partial charge on any atom is -0.338 e. The molecule has 3 rings (SSSR count). The second kappa shape index (κ2) is 8.94. The molecule has 28 heavy (non-hydrogen) atoms. The number of nitrogens with zero attached hydrogens (tertiary/aromatic N) is 1. The summed E-state index contributed by atoms with van der Waals surface area (Å²) in [6.45, 7) is 3.51. The molecule has 0 unspecified atom stereocenters. The highest BCUT2D eigenvalue weighted by molar-refractivity contribution is 7.92. The summed E-state index contributed by atoms with van der Waals surface area (Å²) in [7, 11) is -3.41. The number of nitrogens with two attached hydrogens (primary N) is 1. The van der Waals surface area contributed by atoms with Gasteiger partial charge in [0.15, 0.2) is 0 Å². The van der Waals surface area contributed by atoms with Crippen LogP contribution in [0, 0.1) is 12.8 Å². The normalized spacial score (nSPS) is 19.2. The van der Waals surface area contributed by atoms with Crippen molar-refractivity contribution in [3.8, 4) is 0 Å². The van der Waals surface area contributed by atoms with Crippen molar-refractivity contribution < 1.29 is 13.2 Å². The molecular weight excluding hydrogens is 398 g/mol. The van der Waals surface area contributed by atoms with Crippen molar-refractivity contribution in [3.63, 3.8) is 0 Å². The van der Waals surface area contributed by atoms with Crippen molar-refractivity contribution in [2.75, 3.05) is 30.6 Å². The van der Waals surface area contributed by atoms with E-state index in [-0.39, 0.29) is 30.2 Å². The van der Waals surface area contributed by atoms with Crippen LogP contribution in [0.4, 0.5) is 5.69 Å². The van der Waals surface area contributed by atoms with Crippen LogP contribution < -0.4 is 10.5 Å². The van der Waals surface area contributed by atoms with Crippen LogP contribution >= 0.6 is 12.4 Å². The number of likely N-dealkylation sites (tertiary alicyclic amines) is 1. The maximum absolute atomic E-state index is 13.0. The summed E-state index contributed by atoms with van der Waals surface area (Å²) in [5.41, 5.74) is 8.81. The molecule has 1 amide bonds. The van der Waals surface area contributed by atoms with Gasteiger partial charge in [0.2, 0.25) is 10.0 Å². The Bertz CT molecular complexity index is 935. The number of aryl methyl sites for hydroxylation is 1. The SMILES string of the molecule is Cc1ccc(C(=O)N2C[C@@H](CN)[C@H](c3ccccc3)C2)cc1NS(C)(=O)=O.Cl. The number of halogens is 1. The molecule has 0 bridgehead atoms. The summed E-state index contributed by atoms with van der Waals surface area (Å²) in [4.78, 5) is 14.8. The van der Waals surface area contributed by atoms with Crippen LogP contribution in [0.15, 0.2) is 48.5 Å². The second-order valence-electron chi connectivity index (χ2n) is 7.13. The zero-order chi connectivity index (χ0) is 19.6. The number of carbonyl (C=O) groups is 1. The number of hydrogen-bond acceptors (Lipinski definition) is 4. The molecule has 0 aliphatic carbocycles. The molecule has 2 aromatic carbocycles. The van der Waals surface area contributed by atoms with E-state index >= 15 is 0 Å². The molecule has 1 heterocycles. The van der Waals surface area contributed by atoms with E-state index in [2.05, 4.69) is 16.9 Å². The number of amides is 1. The Kier molecular flexibility index (Phi) is 7.09. The molecule has 0 radical (unpaired) electrons. The summed E-state index contributed by atoms with van der Waals surface area (Å²) in [5.74, 6) is 0.304. The molecule has 1 saturated heterocycles. The van der Waals surface area contributed by atoms with Crippen molar-refractivity contribution in [1.29, 1.82) is 0 Å². The zero-order valence-corrected chi connectivity index (χ0v) is 17.6. The van der Waals surface area contributed by atoms with Crippen molar-refractivity contribution >= 4 is 34.0 Å². The molecule has 6 nitrogen and oxygen atoms in total. The Balaban J connectivity index is 0.00000280. The van der Waals surface area contributed by atoms with Crippen molar-refractivity contribution in [2.45, 2.75) is 12.8 Å². The average molecular weight is 424 g/mol. The number of rotatable bonds is 5. The summed E-state index contributed by atoms with van der Waals surface area (Å²) in [6, 6.07) is 15.2. The standard InChI is InChI=1S/C20H25N3O3S.ClH/c1-14-8-9-16(10-19(14)22-27(2,25)26)20(24)23-12-17(11-21)18(13-23)15-6-4-3-5-7-15;/h3-10,17-18,22H,11-13,21H2,1-2H3;1H/t17-,18+;/m1./s1. The first-order chi connectivity index (χ1) is 12.8. The second-order valence-corrected chi connectivity index (χ2v) is 8.88. The van der Waals surface area contributed by atoms with Gasteiger partial charge in [0.25, 0.3) is 5.91 Å². The van der Waals surface area contributed by atoms with E-state index < -0.39 is 10.0 Å². The fraction of sp³-hybridized carbons (Fsp3) is 0.350. The van der Waals surface area contributed by atoms with E-state index in [0.29, 0.717) is 30.9 Å². The van der Waals surface area contributed by atoms with Gasteiger partial charge in [0, 0.05) is 24.6 Å². The van der Waals surface area contributed by atoms with Crippen molar-refractivity contribution in [3.05, 3.63) is 65.2 Å². The largest absolute Gasteiger partial charge is 0.338 e. The van der Waals surface area contributed by atoms with Crippen LogP contribution in [0.2, 0.25) is 0 Å². The highest BCUT2D eigenvalue weighted by Crippen LogP contribution is 2.33. The number of nitrogens with one attached hydrogen (secondary N) is 1. The van der Waals surface area contributed by atoms with Gasteiger partial charge in [0.05, 0.1) is 11.9 Å². The molecule has 152 valence electrons. The summed E-state index contributed by atoms with van der Waals surface area (Å²) in [5, 5.41) is 0. The molecule has 8 heteroatoms. The van der Waals surface area contributed by atoms with Crippen molar-refractivity contribution in [2.24, 2.45) is 11.7 Å². The summed E-state index contributed by atoms with van der Waals surface area (Å²) < 4.78 is 25.6. The first kappa shape index (κ1) is 22.2. The van der Waals surface area contributed by atoms with E-state index in [9.17, 15) is 13.2 Å². The number of anilines is 1. The lowest BCUT2D eigenvalue weighted by molar-refractivity contribution is 0.0786. The lowest BCUT2D eigenvalue weighted by atomic mass is 9.89. The molecule has 0 spiro atoms. The van der Waals surface area contributed by atoms with Crippen LogP contribution in [0.3, 0.4) is 0 Å². The Labute approximate surface area is 172 Å². The van der Waals surface area contributed by atoms with Crippen molar-refractivity contribution in [1.82, 2.24) is 4.90 Å². The quantitative estimate of drug-likeness (QED) is 0.773. The molecule has 2 atom stereocenters. The van der Waals surface area contributed by atoms with E-state index in [1.54, 1.807) is 25.1 Å². The van der Waals surface area contributed by atoms with Gasteiger partial charge in [-0.05, 0) is 42.6 Å². The first-order valence-electron chi connectivity index (χ1n) is 8.91. The maximum Gasteiger partial charge on any atom is 0.253 e. The minimum absolute atomic E-state index is 0. The monoisotopic (exact) mass is 423 g/mol. The smallest absolute Gasteiger partial charge is 0.253 e. The average Bonchev–Trinajstić information content (AvgIpc) is 3.07. The third kappa shape index (κ3) is 5.04. The van der Waals surface area contributed by atoms with Crippen LogP contribution in [-0.4, -0.2) is 45.1 Å². The van der Waals surface area contributed by atoms with Crippen LogP contribution in [0.5, 0.6) is 0 Å². The van der Waals surface area contributed by atoms with Crippen LogP contribution in [0.25, 0.3) is 0 Å². The zero-order valence-electron chi connectivity index (χ0n) is 16.0. The fourth-order valence-electron chi connectivity index (χ4n) is 3.60. The molecule has 1 aliphatic rings. The van der Waals surface area contributed by atoms with Crippen LogP contribution in [-0.2, 0) is 10.0 Å². The molecule has 0 saturated carbocycles. The molecular formula is C20H26ClN3O3S. The number of benzene rings is 2. The minimum atomic E-state index is -3.41. The highest BCUT2D eigenvalue weighted by Gasteiger charge is 2.35. The number of hydrogen-bond donors (Lipinski definition) is 2. The van der Waals surface area contributed by atoms with E-state index in [1.165, 1.54) is 5.56 Å². The van der Waals surface area contributed by atoms with E-state index in [0.717, 1.165) is 11.8 Å². The van der Waals surface area contributed by atoms with Gasteiger partial charge in [-0.15, -0.1) is 12.4 Å². The number of sulfonamides is 1. The molecule has 3 N–H and O–H groups in total. The third-order valence-corrected chi connectivity index (χ3v) is 5.63. The van der Waals surface area contributed by atoms with Crippen LogP contribution in [0.1, 0.15) is 27.4 Å². The predicted octanol–water partition coefficient (Wildman–Crippen LogP) is 2.60. The number of carbonyl (C=O) groups excluding carboxylic acids is 1. The molecule has 0 aromatic heterocycles. The highest BCUT2D eigenvalue weighted by atomic mass is 35.5. The molecule has 1 fully saturated rings. The molecule has 2 aromatic rings. The fourth-order valence-corrected chi connectivity index (χ4v) is 4.22. The Morgan fingerprint density at radius 1 is 1.18 bits per heavy atom. The summed E-state index contributed by atoms with van der Waals surface area (Å²) in [6.07, 6.45) is 1.09. The van der Waals surface area contributed by atoms with Gasteiger partial charge < -0.3 is 10.6 Å². The van der Waals surface area contributed by atoms with Gasteiger partial charge in [-0.3, -0.25) is 9.52 Å². The van der Waals surface area contributed by atoms with Gasteiger partial charge in [0.1, 0.15) is 0 Å². The Morgan fingerprint density at radius 3 is 2.46 bits per heavy atom. The molecule has 1 aliphatic heterocycles. The lowest BCUT2D eigenvalue weighted by Gasteiger charge is -2.18. The topological polar surface area (TPSA) is 92.5 Å². The lowest BCUT2D eigenvalue weighted by Crippen LogP contribution is -2.30. The van der Waals surface area contributed by atoms with E-state index in [1.807, 2.05) is 23.1 Å². The van der Waals surface area contributed by atoms with Gasteiger partial charge in [-0.1, -0.05) is 36.4 Å². The van der Waals surface area contributed by atoms with Gasteiger partial charge in [-0.25, -0.2) is 8.42 Å². The van der Waals surface area contributed by atoms with Gasteiger partial charge in [-0.2, -0.15) is 0 Å². The Hall–Kier alpha value is -2.09. The Morgan fingerprint density at radius 2 is 1.86 bits per heavy atom.